The van der Waals surface area contributed by atoms with Gasteiger partial charge in [0, 0.05) is 27.8 Å². The topological polar surface area (TPSA) is 17.8 Å². The fourth-order valence-electron chi connectivity index (χ4n) is 6.71. The maximum atomic E-state index is 4.80. The number of aromatic nitrogens is 2. The van der Waals surface area contributed by atoms with Crippen LogP contribution in [-0.4, -0.2) is 9.55 Å². The summed E-state index contributed by atoms with van der Waals surface area (Å²) in [4.78, 5) is 4.80. The van der Waals surface area contributed by atoms with Crippen molar-refractivity contribution in [2.24, 2.45) is 0 Å². The van der Waals surface area contributed by atoms with Gasteiger partial charge in [-0.3, -0.25) is 4.98 Å². The molecule has 1 aliphatic heterocycles. The van der Waals surface area contributed by atoms with Crippen LogP contribution in [0, 0.1) is 5.92 Å². The molecule has 0 bridgehead atoms. The van der Waals surface area contributed by atoms with Gasteiger partial charge in [0.25, 0.3) is 0 Å². The summed E-state index contributed by atoms with van der Waals surface area (Å²) in [6.07, 6.45) is 9.45. The van der Waals surface area contributed by atoms with Crippen molar-refractivity contribution >= 4 is 38.2 Å². The van der Waals surface area contributed by atoms with E-state index in [1.54, 1.807) is 0 Å². The molecule has 0 N–H and O–H groups in total. The smallest absolute Gasteiger partial charge is 0.0597 e. The fraction of sp³-hybridized carbons (Fsp3) is 0.111. The number of para-hydroxylation sites is 2. The van der Waals surface area contributed by atoms with Gasteiger partial charge < -0.3 is 4.57 Å². The van der Waals surface area contributed by atoms with E-state index in [0.29, 0.717) is 0 Å². The third-order valence-corrected chi connectivity index (χ3v) is 8.60. The van der Waals surface area contributed by atoms with Crippen LogP contribution in [0.5, 0.6) is 0 Å². The number of hydrogen-bond donors (Lipinski definition) is 0. The quantitative estimate of drug-likeness (QED) is 0.238. The van der Waals surface area contributed by atoms with Gasteiger partial charge in [0.2, 0.25) is 0 Å². The molecule has 0 amide bonds. The van der Waals surface area contributed by atoms with Gasteiger partial charge in [0.15, 0.2) is 0 Å². The molecule has 0 atom stereocenters. The Morgan fingerprint density at radius 2 is 1.58 bits per heavy atom. The Bertz CT molecular complexity index is 1980. The molecular weight excluding hydrogens is 460 g/mol. The predicted molar refractivity (Wildman–Crippen MR) is 159 cm³/mol. The average molecular weight is 488 g/mol. The second-order valence-electron chi connectivity index (χ2n) is 11.0. The maximum absolute atomic E-state index is 4.80. The third-order valence-electron chi connectivity index (χ3n) is 8.60. The monoisotopic (exact) mass is 487 g/mol. The number of fused-ring (bicyclic) bond motifs is 6. The summed E-state index contributed by atoms with van der Waals surface area (Å²) in [7, 11) is 0. The second-order valence-corrected chi connectivity index (χ2v) is 11.0. The Kier molecular flexibility index (Phi) is 4.43. The van der Waals surface area contributed by atoms with E-state index < -0.39 is 0 Å². The van der Waals surface area contributed by atoms with E-state index in [4.69, 9.17) is 4.98 Å². The van der Waals surface area contributed by atoms with Crippen molar-refractivity contribution in [1.29, 1.82) is 0 Å². The Balaban J connectivity index is 1.28. The Labute approximate surface area is 222 Å². The summed E-state index contributed by atoms with van der Waals surface area (Å²) in [6, 6.07) is 33.3. The number of allylic oxidation sites excluding steroid dienone is 4. The van der Waals surface area contributed by atoms with Crippen molar-refractivity contribution < 1.29 is 0 Å². The average Bonchev–Trinajstić information content (AvgIpc) is 3.30. The lowest BCUT2D eigenvalue weighted by Gasteiger charge is -2.34. The number of rotatable bonds is 2. The summed E-state index contributed by atoms with van der Waals surface area (Å²) in [5, 5.41) is 5.08. The van der Waals surface area contributed by atoms with E-state index in [2.05, 4.69) is 128 Å². The lowest BCUT2D eigenvalue weighted by molar-refractivity contribution is 0.630. The highest BCUT2D eigenvalue weighted by Gasteiger charge is 2.34. The van der Waals surface area contributed by atoms with Crippen LogP contribution in [0.25, 0.3) is 43.8 Å². The second kappa shape index (κ2) is 7.79. The molecule has 3 heterocycles. The SMILES string of the molecule is CC1(C)c2ccccc2-n2c3ccc(C4=CC=C[C](c5nccc6ccccc56)C4)cc3c3cccc1c32. The molecule has 38 heavy (non-hydrogen) atoms. The first-order valence-corrected chi connectivity index (χ1v) is 13.4. The van der Waals surface area contributed by atoms with E-state index in [0.717, 1.165) is 12.1 Å². The van der Waals surface area contributed by atoms with Gasteiger partial charge in [0.05, 0.1) is 28.3 Å². The molecule has 2 heteroatoms. The molecule has 2 aromatic heterocycles. The van der Waals surface area contributed by atoms with Crippen molar-refractivity contribution in [3.63, 3.8) is 0 Å². The molecule has 6 aromatic rings. The van der Waals surface area contributed by atoms with Gasteiger partial charge in [-0.25, -0.2) is 0 Å². The minimum Gasteiger partial charge on any atom is -0.309 e. The normalized spacial score (nSPS) is 16.2. The lowest BCUT2D eigenvalue weighted by Crippen LogP contribution is -2.26. The Morgan fingerprint density at radius 1 is 0.763 bits per heavy atom. The molecule has 0 saturated carbocycles. The van der Waals surface area contributed by atoms with Crippen LogP contribution in [-0.2, 0) is 5.41 Å². The zero-order chi connectivity index (χ0) is 25.4. The van der Waals surface area contributed by atoms with Gasteiger partial charge in [-0.2, -0.15) is 0 Å². The van der Waals surface area contributed by atoms with Crippen LogP contribution < -0.4 is 0 Å². The Hall–Kier alpha value is -4.43. The van der Waals surface area contributed by atoms with E-state index in [1.165, 1.54) is 66.4 Å². The predicted octanol–water partition coefficient (Wildman–Crippen LogP) is 8.94. The van der Waals surface area contributed by atoms with Crippen molar-refractivity contribution in [1.82, 2.24) is 9.55 Å². The highest BCUT2D eigenvalue weighted by Crippen LogP contribution is 2.47. The molecule has 4 aromatic carbocycles. The van der Waals surface area contributed by atoms with Crippen molar-refractivity contribution in [2.45, 2.75) is 25.7 Å². The zero-order valence-corrected chi connectivity index (χ0v) is 21.6. The van der Waals surface area contributed by atoms with Crippen LogP contribution in [0.1, 0.15) is 42.7 Å². The molecule has 0 saturated heterocycles. The van der Waals surface area contributed by atoms with Crippen molar-refractivity contribution in [3.05, 3.63) is 144 Å². The van der Waals surface area contributed by atoms with Crippen LogP contribution in [0.2, 0.25) is 0 Å². The van der Waals surface area contributed by atoms with Gasteiger partial charge in [-0.05, 0) is 58.3 Å². The molecule has 0 fully saturated rings. The molecule has 0 unspecified atom stereocenters. The Morgan fingerprint density at radius 3 is 2.53 bits per heavy atom. The standard InChI is InChI=1S/C36H27N2/c1-36(2)30-14-5-6-16-33(30)38-32-18-17-25(22-29(32)28-13-8-15-31(36)35(28)38)24-10-7-11-26(21-24)34-27-12-4-3-9-23(27)19-20-37-34/h3-20,22H,21H2,1-2H3. The summed E-state index contributed by atoms with van der Waals surface area (Å²) >= 11 is 0. The van der Waals surface area contributed by atoms with Crippen LogP contribution >= 0.6 is 0 Å². The summed E-state index contributed by atoms with van der Waals surface area (Å²) in [5.74, 6) is 1.26. The minimum atomic E-state index is -0.0463. The number of benzene rings is 4. The van der Waals surface area contributed by atoms with Crippen LogP contribution in [0.3, 0.4) is 0 Å². The van der Waals surface area contributed by atoms with Gasteiger partial charge in [0.1, 0.15) is 0 Å². The molecule has 1 radical (unpaired) electrons. The van der Waals surface area contributed by atoms with Gasteiger partial charge in [-0.15, -0.1) is 0 Å². The summed E-state index contributed by atoms with van der Waals surface area (Å²) < 4.78 is 2.48. The third kappa shape index (κ3) is 2.92. The first kappa shape index (κ1) is 21.6. The number of hydrogen-bond acceptors (Lipinski definition) is 1. The van der Waals surface area contributed by atoms with Crippen LogP contribution in [0.15, 0.2) is 115 Å². The molecule has 181 valence electrons. The van der Waals surface area contributed by atoms with Gasteiger partial charge >= 0.3 is 0 Å². The van der Waals surface area contributed by atoms with Crippen LogP contribution in [0.4, 0.5) is 0 Å². The largest absolute Gasteiger partial charge is 0.309 e. The van der Waals surface area contributed by atoms with Crippen molar-refractivity contribution in [3.8, 4) is 5.69 Å². The molecule has 1 aliphatic carbocycles. The molecule has 8 rings (SSSR count). The lowest BCUT2D eigenvalue weighted by atomic mass is 9.75. The molecule has 2 nitrogen and oxygen atoms in total. The number of nitrogens with zero attached hydrogens (tertiary/aromatic N) is 2. The van der Waals surface area contributed by atoms with E-state index in [1.807, 2.05) is 6.20 Å². The minimum absolute atomic E-state index is 0.0463. The highest BCUT2D eigenvalue weighted by atomic mass is 15.0. The fourth-order valence-corrected chi connectivity index (χ4v) is 6.71. The van der Waals surface area contributed by atoms with Gasteiger partial charge in [-0.1, -0.05) is 98.8 Å². The first-order chi connectivity index (χ1) is 18.6. The van der Waals surface area contributed by atoms with E-state index in [9.17, 15) is 0 Å². The van der Waals surface area contributed by atoms with Crippen molar-refractivity contribution in [2.75, 3.05) is 0 Å². The molecule has 2 aliphatic rings. The first-order valence-electron chi connectivity index (χ1n) is 13.4. The molecular formula is C36H27N2. The highest BCUT2D eigenvalue weighted by molar-refractivity contribution is 6.12. The maximum Gasteiger partial charge on any atom is 0.0597 e. The zero-order valence-electron chi connectivity index (χ0n) is 21.6. The molecule has 0 spiro atoms. The summed E-state index contributed by atoms with van der Waals surface area (Å²) in [6.45, 7) is 4.70. The number of pyridine rings is 1. The van der Waals surface area contributed by atoms with E-state index in [-0.39, 0.29) is 5.41 Å². The summed E-state index contributed by atoms with van der Waals surface area (Å²) in [5.41, 5.74) is 10.3. The van der Waals surface area contributed by atoms with E-state index >= 15 is 0 Å².